The highest BCUT2D eigenvalue weighted by molar-refractivity contribution is 5.91. The molecule has 2 rings (SSSR count). The summed E-state index contributed by atoms with van der Waals surface area (Å²) < 4.78 is 0. The molecule has 4 nitrogen and oxygen atoms in total. The Morgan fingerprint density at radius 1 is 1.32 bits per heavy atom. The van der Waals surface area contributed by atoms with Crippen molar-refractivity contribution in [2.75, 3.05) is 10.6 Å². The molecule has 0 saturated carbocycles. The Hall–Kier alpha value is -2.23. The van der Waals surface area contributed by atoms with Crippen LogP contribution in [0, 0.1) is 6.92 Å². The molecule has 0 fully saturated rings. The number of carbonyl (C=O) groups is 1. The van der Waals surface area contributed by atoms with Crippen LogP contribution in [0.2, 0.25) is 0 Å². The monoisotopic (exact) mass is 257 g/mol. The van der Waals surface area contributed by atoms with Gasteiger partial charge in [0.15, 0.2) is 0 Å². The van der Waals surface area contributed by atoms with Crippen molar-refractivity contribution in [1.29, 1.82) is 0 Å². The normalized spacial score (nSPS) is 10.2. The Labute approximate surface area is 113 Å². The van der Waals surface area contributed by atoms with E-state index < -0.39 is 0 Å². The Kier molecular flexibility index (Phi) is 4.23. The molecule has 1 heterocycles. The van der Waals surface area contributed by atoms with Gasteiger partial charge < -0.3 is 15.6 Å². The van der Waals surface area contributed by atoms with Gasteiger partial charge in [0.25, 0.3) is 0 Å². The third kappa shape index (κ3) is 3.61. The van der Waals surface area contributed by atoms with Crippen molar-refractivity contribution in [3.63, 3.8) is 0 Å². The van der Waals surface area contributed by atoms with Crippen molar-refractivity contribution in [2.24, 2.45) is 0 Å². The molecule has 1 aromatic carbocycles. The van der Waals surface area contributed by atoms with Crippen molar-refractivity contribution >= 4 is 17.3 Å². The molecule has 0 saturated heterocycles. The second-order valence-corrected chi connectivity index (χ2v) is 4.50. The van der Waals surface area contributed by atoms with Crippen LogP contribution in [0.1, 0.15) is 24.5 Å². The fourth-order valence-electron chi connectivity index (χ4n) is 1.81. The predicted octanol–water partition coefficient (Wildman–Crippen LogP) is 3.28. The van der Waals surface area contributed by atoms with Crippen LogP contribution < -0.4 is 10.6 Å². The van der Waals surface area contributed by atoms with E-state index in [1.54, 1.807) is 0 Å². The van der Waals surface area contributed by atoms with Crippen LogP contribution in [0.5, 0.6) is 0 Å². The third-order valence-corrected chi connectivity index (χ3v) is 2.99. The molecule has 1 aromatic heterocycles. The lowest BCUT2D eigenvalue weighted by Gasteiger charge is -2.11. The van der Waals surface area contributed by atoms with Crippen molar-refractivity contribution in [2.45, 2.75) is 26.8 Å². The number of amides is 1. The number of H-pyrrole nitrogens is 1. The molecule has 100 valence electrons. The van der Waals surface area contributed by atoms with Crippen LogP contribution >= 0.6 is 0 Å². The summed E-state index contributed by atoms with van der Waals surface area (Å²) in [5.41, 5.74) is 4.22. The molecule has 3 N–H and O–H groups in total. The van der Waals surface area contributed by atoms with Crippen LogP contribution in [0.15, 0.2) is 36.7 Å². The number of aromatic nitrogens is 1. The molecule has 2 aromatic rings. The van der Waals surface area contributed by atoms with Crippen LogP contribution in [0.3, 0.4) is 0 Å². The molecule has 0 radical (unpaired) electrons. The summed E-state index contributed by atoms with van der Waals surface area (Å²) in [6.45, 7) is 4.65. The number of nitrogens with one attached hydrogen (secondary N) is 3. The Morgan fingerprint density at radius 2 is 2.16 bits per heavy atom. The largest absolute Gasteiger partial charge is 0.381 e. The first-order chi connectivity index (χ1) is 9.19. The summed E-state index contributed by atoms with van der Waals surface area (Å²) in [4.78, 5) is 14.4. The number of aromatic amines is 1. The minimum atomic E-state index is 0.0282. The molecular weight excluding hydrogens is 238 g/mol. The van der Waals surface area contributed by atoms with E-state index in [4.69, 9.17) is 0 Å². The minimum absolute atomic E-state index is 0.0282. The van der Waals surface area contributed by atoms with Crippen LogP contribution in [-0.4, -0.2) is 10.9 Å². The highest BCUT2D eigenvalue weighted by Gasteiger charge is 2.03. The number of anilines is 2. The number of hydrogen-bond donors (Lipinski definition) is 3. The van der Waals surface area contributed by atoms with E-state index in [1.807, 2.05) is 50.5 Å². The van der Waals surface area contributed by atoms with E-state index >= 15 is 0 Å². The molecule has 4 heteroatoms. The van der Waals surface area contributed by atoms with Gasteiger partial charge in [0.2, 0.25) is 5.91 Å². The lowest BCUT2D eigenvalue weighted by Crippen LogP contribution is -2.10. The Morgan fingerprint density at radius 3 is 2.84 bits per heavy atom. The SMILES string of the molecule is CCC(=O)Nc1ccc(C)c(NCc2cc[nH]c2)c1. The van der Waals surface area contributed by atoms with Crippen molar-refractivity contribution in [1.82, 2.24) is 4.98 Å². The number of hydrogen-bond acceptors (Lipinski definition) is 2. The van der Waals surface area contributed by atoms with Gasteiger partial charge in [0, 0.05) is 36.7 Å². The second-order valence-electron chi connectivity index (χ2n) is 4.50. The summed E-state index contributed by atoms with van der Waals surface area (Å²) in [5, 5.41) is 6.24. The van der Waals surface area contributed by atoms with E-state index in [0.717, 1.165) is 23.5 Å². The summed E-state index contributed by atoms with van der Waals surface area (Å²) in [6.07, 6.45) is 4.35. The van der Waals surface area contributed by atoms with E-state index in [2.05, 4.69) is 15.6 Å². The summed E-state index contributed by atoms with van der Waals surface area (Å²) in [6, 6.07) is 7.93. The highest BCUT2D eigenvalue weighted by Crippen LogP contribution is 2.21. The summed E-state index contributed by atoms with van der Waals surface area (Å²) in [5.74, 6) is 0.0282. The lowest BCUT2D eigenvalue weighted by atomic mass is 10.1. The minimum Gasteiger partial charge on any atom is -0.381 e. The average Bonchev–Trinajstić information content (AvgIpc) is 2.92. The summed E-state index contributed by atoms with van der Waals surface area (Å²) in [7, 11) is 0. The number of aryl methyl sites for hydroxylation is 1. The fraction of sp³-hybridized carbons (Fsp3) is 0.267. The number of carbonyl (C=O) groups excluding carboxylic acids is 1. The molecule has 0 unspecified atom stereocenters. The van der Waals surface area contributed by atoms with Crippen molar-refractivity contribution in [3.8, 4) is 0 Å². The van der Waals surface area contributed by atoms with E-state index in [1.165, 1.54) is 5.56 Å². The zero-order chi connectivity index (χ0) is 13.7. The maximum atomic E-state index is 11.4. The average molecular weight is 257 g/mol. The zero-order valence-corrected chi connectivity index (χ0v) is 11.3. The molecule has 0 spiro atoms. The lowest BCUT2D eigenvalue weighted by molar-refractivity contribution is -0.115. The Bertz CT molecular complexity index is 547. The van der Waals surface area contributed by atoms with Crippen LogP contribution in [0.25, 0.3) is 0 Å². The van der Waals surface area contributed by atoms with Gasteiger partial charge >= 0.3 is 0 Å². The zero-order valence-electron chi connectivity index (χ0n) is 11.3. The van der Waals surface area contributed by atoms with Gasteiger partial charge in [0.05, 0.1) is 0 Å². The number of benzene rings is 1. The molecule has 0 aliphatic rings. The van der Waals surface area contributed by atoms with Gasteiger partial charge in [-0.1, -0.05) is 13.0 Å². The van der Waals surface area contributed by atoms with E-state index in [-0.39, 0.29) is 5.91 Å². The fourth-order valence-corrected chi connectivity index (χ4v) is 1.81. The molecule has 1 amide bonds. The standard InChI is InChI=1S/C15H19N3O/c1-3-15(19)18-13-5-4-11(2)14(8-13)17-10-12-6-7-16-9-12/h4-9,16-17H,3,10H2,1-2H3,(H,18,19). The molecular formula is C15H19N3O. The van der Waals surface area contributed by atoms with Crippen molar-refractivity contribution in [3.05, 3.63) is 47.8 Å². The predicted molar refractivity (Wildman–Crippen MR) is 78.2 cm³/mol. The van der Waals surface area contributed by atoms with Gasteiger partial charge in [-0.25, -0.2) is 0 Å². The van der Waals surface area contributed by atoms with Gasteiger partial charge in [-0.05, 0) is 36.2 Å². The first-order valence-electron chi connectivity index (χ1n) is 6.45. The highest BCUT2D eigenvalue weighted by atomic mass is 16.1. The molecule has 0 aliphatic carbocycles. The van der Waals surface area contributed by atoms with Crippen LogP contribution in [-0.2, 0) is 11.3 Å². The van der Waals surface area contributed by atoms with E-state index in [9.17, 15) is 4.79 Å². The maximum absolute atomic E-state index is 11.4. The van der Waals surface area contributed by atoms with Crippen LogP contribution in [0.4, 0.5) is 11.4 Å². The molecule has 0 atom stereocenters. The van der Waals surface area contributed by atoms with Gasteiger partial charge in [-0.2, -0.15) is 0 Å². The molecule has 0 aliphatic heterocycles. The topological polar surface area (TPSA) is 56.9 Å². The van der Waals surface area contributed by atoms with Gasteiger partial charge in [-0.15, -0.1) is 0 Å². The first kappa shape index (κ1) is 13.2. The smallest absolute Gasteiger partial charge is 0.224 e. The third-order valence-electron chi connectivity index (χ3n) is 2.99. The molecule has 0 bridgehead atoms. The molecule has 19 heavy (non-hydrogen) atoms. The second kappa shape index (κ2) is 6.09. The quantitative estimate of drug-likeness (QED) is 0.770. The van der Waals surface area contributed by atoms with Gasteiger partial charge in [-0.3, -0.25) is 4.79 Å². The summed E-state index contributed by atoms with van der Waals surface area (Å²) >= 11 is 0. The first-order valence-corrected chi connectivity index (χ1v) is 6.45. The van der Waals surface area contributed by atoms with Crippen molar-refractivity contribution < 1.29 is 4.79 Å². The van der Waals surface area contributed by atoms with Gasteiger partial charge in [0.1, 0.15) is 0 Å². The number of rotatable bonds is 5. The Balaban J connectivity index is 2.06. The van der Waals surface area contributed by atoms with E-state index in [0.29, 0.717) is 6.42 Å². The maximum Gasteiger partial charge on any atom is 0.224 e.